The fourth-order valence-corrected chi connectivity index (χ4v) is 21.3. The zero-order valence-electron chi connectivity index (χ0n) is 48.4. The molecule has 416 valence electrons. The van der Waals surface area contributed by atoms with Crippen LogP contribution >= 0.6 is 61.3 Å². The maximum absolute atomic E-state index is 3.50. The van der Waals surface area contributed by atoms with Gasteiger partial charge in [-0.1, -0.05) is 213 Å². The highest BCUT2D eigenvalue weighted by molar-refractivity contribution is 9.10. The van der Waals surface area contributed by atoms with E-state index >= 15 is 0 Å². The molecule has 87 heavy (non-hydrogen) atoms. The molecule has 1 nitrogen and oxygen atoms in total. The Morgan fingerprint density at radius 2 is 0.747 bits per heavy atom. The molecule has 6 heteroatoms. The molecule has 4 aromatic heterocycles. The summed E-state index contributed by atoms with van der Waals surface area (Å²) < 4.78 is 1.16. The standard InChI is InChI=1S/C40H27NS2.C31H22S2.C10H7Br/c1-39(2)28-14-6-5-13-26(28)27-22-33-36(23-32(27)39)41(34-17-9-11-24-10-3-4-12-25(24)34)35-16-8-7-15-29(35)40(33)30-18-20-42-37(30)38-31(40)19-21-43-38;1-30(2)23-10-6-4-8-20(23)21-17-26-19(16-27(21)30)15-18-7-3-5-9-22(18)31(26)24-11-13-32-28(24)29-25(31)12-14-33-29;11-10-7-3-5-8-4-1-2-6-9(8)10/h3-23H,1-2H3;3-14,16-17H,15H2,1-2H3;1-7H. The monoisotopic (exact) mass is 1250 g/mol. The number of hydrogen-bond donors (Lipinski definition) is 0. The van der Waals surface area contributed by atoms with Gasteiger partial charge in [-0.15, -0.1) is 45.3 Å². The van der Waals surface area contributed by atoms with Gasteiger partial charge in [0.15, 0.2) is 0 Å². The Morgan fingerprint density at radius 1 is 0.310 bits per heavy atom. The molecular weight excluding hydrogens is 1200 g/mol. The van der Waals surface area contributed by atoms with Crippen LogP contribution in [-0.2, 0) is 28.1 Å². The van der Waals surface area contributed by atoms with Gasteiger partial charge in [0, 0.05) is 40.2 Å². The molecule has 5 heterocycles. The SMILES string of the molecule is Brc1cccc2ccccc12.CC1(C)c2ccccc2-c2cc3c(cc21)Cc1ccccc1C31c2ccsc2-c2sccc21.CC1(C)c2ccccc2-c2cc3c(cc21)N(c1cccc2ccccc12)c1ccccc1C31c2ccsc2-c2sccc21. The van der Waals surface area contributed by atoms with Crippen LogP contribution in [-0.4, -0.2) is 0 Å². The summed E-state index contributed by atoms with van der Waals surface area (Å²) in [6.07, 6.45) is 1.01. The lowest BCUT2D eigenvalue weighted by molar-refractivity contribution is 0.655. The average Bonchev–Trinajstić information content (AvgIpc) is 1.57. The quantitative estimate of drug-likeness (QED) is 0.158. The number of hydrogen-bond acceptors (Lipinski definition) is 5. The normalized spacial score (nSPS) is 15.7. The topological polar surface area (TPSA) is 3.24 Å². The van der Waals surface area contributed by atoms with Gasteiger partial charge < -0.3 is 4.90 Å². The van der Waals surface area contributed by atoms with Gasteiger partial charge in [-0.25, -0.2) is 0 Å². The van der Waals surface area contributed by atoms with Gasteiger partial charge in [-0.05, 0) is 205 Å². The van der Waals surface area contributed by atoms with Crippen molar-refractivity contribution in [3.8, 4) is 41.8 Å². The van der Waals surface area contributed by atoms with Crippen molar-refractivity contribution in [1.29, 1.82) is 0 Å². The Kier molecular flexibility index (Phi) is 11.3. The molecule has 0 atom stereocenters. The van der Waals surface area contributed by atoms with Crippen molar-refractivity contribution in [1.82, 2.24) is 0 Å². The highest BCUT2D eigenvalue weighted by Gasteiger charge is 2.55. The van der Waals surface area contributed by atoms with Crippen molar-refractivity contribution in [2.24, 2.45) is 0 Å². The van der Waals surface area contributed by atoms with Crippen LogP contribution in [0.15, 0.2) is 257 Å². The summed E-state index contributed by atoms with van der Waals surface area (Å²) >= 11 is 11.1. The van der Waals surface area contributed by atoms with Crippen molar-refractivity contribution >= 4 is 99.9 Å². The number of para-hydroxylation sites is 1. The number of benzene rings is 10. The molecule has 0 fully saturated rings. The van der Waals surface area contributed by atoms with Crippen LogP contribution in [0, 0.1) is 0 Å². The Morgan fingerprint density at radius 3 is 1.34 bits per heavy atom. The first-order valence-electron chi connectivity index (χ1n) is 30.1. The second kappa shape index (κ2) is 18.9. The molecule has 10 aromatic carbocycles. The lowest BCUT2D eigenvalue weighted by Crippen LogP contribution is -2.36. The number of halogens is 1. The maximum Gasteiger partial charge on any atom is 0.0771 e. The summed E-state index contributed by atoms with van der Waals surface area (Å²) in [6.45, 7) is 9.56. The molecule has 0 radical (unpaired) electrons. The van der Waals surface area contributed by atoms with Gasteiger partial charge in [-0.3, -0.25) is 0 Å². The van der Waals surface area contributed by atoms with Gasteiger partial charge in [0.2, 0.25) is 0 Å². The van der Waals surface area contributed by atoms with E-state index in [-0.39, 0.29) is 21.7 Å². The fourth-order valence-electron chi connectivity index (χ4n) is 16.6. The molecule has 0 bridgehead atoms. The lowest BCUT2D eigenvalue weighted by Gasteiger charge is -2.45. The molecule has 0 amide bonds. The van der Waals surface area contributed by atoms with Crippen LogP contribution in [0.25, 0.3) is 63.3 Å². The van der Waals surface area contributed by atoms with Crippen LogP contribution in [0.1, 0.15) is 106 Å². The average molecular weight is 1250 g/mol. The third kappa shape index (κ3) is 6.94. The molecule has 14 aromatic rings. The van der Waals surface area contributed by atoms with Gasteiger partial charge in [0.1, 0.15) is 0 Å². The van der Waals surface area contributed by atoms with Crippen molar-refractivity contribution in [2.45, 2.75) is 55.8 Å². The Bertz CT molecular complexity index is 5120. The summed E-state index contributed by atoms with van der Waals surface area (Å²) in [7, 11) is 0. The summed E-state index contributed by atoms with van der Waals surface area (Å²) in [6, 6.07) is 86.3. The third-order valence-corrected chi connectivity index (χ3v) is 25.0. The van der Waals surface area contributed by atoms with Crippen LogP contribution in [0.5, 0.6) is 0 Å². The number of anilines is 3. The van der Waals surface area contributed by atoms with E-state index < -0.39 is 0 Å². The predicted octanol–water partition coefficient (Wildman–Crippen LogP) is 23.4. The van der Waals surface area contributed by atoms with E-state index in [1.54, 1.807) is 0 Å². The van der Waals surface area contributed by atoms with Crippen molar-refractivity contribution in [2.75, 3.05) is 4.90 Å². The van der Waals surface area contributed by atoms with E-state index in [0.717, 1.165) is 10.9 Å². The van der Waals surface area contributed by atoms with Gasteiger partial charge >= 0.3 is 0 Å². The van der Waals surface area contributed by atoms with Gasteiger partial charge in [0.05, 0.1) is 27.9 Å². The van der Waals surface area contributed by atoms with Crippen molar-refractivity contribution in [3.63, 3.8) is 0 Å². The first-order chi connectivity index (χ1) is 42.6. The highest BCUT2D eigenvalue weighted by Crippen LogP contribution is 2.68. The molecule has 20 rings (SSSR count). The summed E-state index contributed by atoms with van der Waals surface area (Å²) in [5, 5.41) is 14.2. The lowest BCUT2D eigenvalue weighted by atomic mass is 9.61. The molecule has 0 N–H and O–H groups in total. The number of fused-ring (bicyclic) bond motifs is 26. The molecule has 2 spiro atoms. The summed E-state index contributed by atoms with van der Waals surface area (Å²) in [5.74, 6) is 0. The van der Waals surface area contributed by atoms with Crippen LogP contribution < -0.4 is 4.90 Å². The Balaban J connectivity index is 0.000000114. The molecule has 0 unspecified atom stereocenters. The van der Waals surface area contributed by atoms with Crippen LogP contribution in [0.2, 0.25) is 0 Å². The Labute approximate surface area is 532 Å². The minimum Gasteiger partial charge on any atom is -0.309 e. The van der Waals surface area contributed by atoms with E-state index in [9.17, 15) is 0 Å². The molecular formula is C81H56BrNS4. The zero-order valence-corrected chi connectivity index (χ0v) is 53.3. The zero-order chi connectivity index (χ0) is 58.1. The van der Waals surface area contributed by atoms with Crippen LogP contribution in [0.4, 0.5) is 17.1 Å². The second-order valence-corrected chi connectivity index (χ2v) is 29.6. The minimum absolute atomic E-state index is 0.0296. The predicted molar refractivity (Wildman–Crippen MR) is 374 cm³/mol. The van der Waals surface area contributed by atoms with E-state index in [1.807, 2.05) is 57.5 Å². The largest absolute Gasteiger partial charge is 0.309 e. The summed E-state index contributed by atoms with van der Waals surface area (Å²) in [5.41, 5.74) is 28.9. The van der Waals surface area contributed by atoms with Gasteiger partial charge in [-0.2, -0.15) is 0 Å². The second-order valence-electron chi connectivity index (χ2n) is 25.1. The summed E-state index contributed by atoms with van der Waals surface area (Å²) in [4.78, 5) is 8.33. The molecule has 0 saturated carbocycles. The maximum atomic E-state index is 3.50. The molecule has 5 aliphatic carbocycles. The number of nitrogens with zero attached hydrogens (tertiary/aromatic N) is 1. The minimum atomic E-state index is -0.367. The van der Waals surface area contributed by atoms with E-state index in [0.29, 0.717) is 0 Å². The van der Waals surface area contributed by atoms with Crippen molar-refractivity contribution in [3.05, 3.63) is 334 Å². The number of rotatable bonds is 1. The first kappa shape index (κ1) is 52.0. The molecule has 0 saturated heterocycles. The smallest absolute Gasteiger partial charge is 0.0771 e. The highest BCUT2D eigenvalue weighted by atomic mass is 79.9. The third-order valence-electron chi connectivity index (χ3n) is 20.3. The molecule has 1 aliphatic heterocycles. The van der Waals surface area contributed by atoms with Gasteiger partial charge in [0.25, 0.3) is 0 Å². The Hall–Kier alpha value is -8.20. The van der Waals surface area contributed by atoms with Crippen molar-refractivity contribution < 1.29 is 0 Å². The van der Waals surface area contributed by atoms with E-state index in [1.165, 1.54) is 158 Å². The first-order valence-corrected chi connectivity index (χ1v) is 34.4. The fraction of sp³-hybridized carbons (Fsp3) is 0.111. The van der Waals surface area contributed by atoms with E-state index in [2.05, 4.69) is 288 Å². The van der Waals surface area contributed by atoms with E-state index in [4.69, 9.17) is 0 Å². The number of thiophene rings is 4. The van der Waals surface area contributed by atoms with Crippen LogP contribution in [0.3, 0.4) is 0 Å². The molecule has 6 aliphatic rings.